The van der Waals surface area contributed by atoms with Gasteiger partial charge in [-0.3, -0.25) is 4.79 Å². The summed E-state index contributed by atoms with van der Waals surface area (Å²) in [6.07, 6.45) is 1.74. The number of piperidine rings is 1. The minimum Gasteiger partial charge on any atom is -0.497 e. The summed E-state index contributed by atoms with van der Waals surface area (Å²) in [5.41, 5.74) is 0.580. The number of aromatic nitrogens is 2. The van der Waals surface area contributed by atoms with E-state index in [0.29, 0.717) is 35.4 Å². The summed E-state index contributed by atoms with van der Waals surface area (Å²) in [6.45, 7) is 5.41. The molecule has 7 heteroatoms. The summed E-state index contributed by atoms with van der Waals surface area (Å²) < 4.78 is 15.9. The molecule has 1 saturated heterocycles. The number of Topliss-reactive ketones (excluding diaryl/α,β-unsaturated/α-hetero) is 1. The van der Waals surface area contributed by atoms with E-state index in [-0.39, 0.29) is 17.6 Å². The molecule has 0 spiro atoms. The first-order valence-electron chi connectivity index (χ1n) is 8.88. The van der Waals surface area contributed by atoms with Gasteiger partial charge in [-0.25, -0.2) is 0 Å². The van der Waals surface area contributed by atoms with Crippen LogP contribution in [0.3, 0.4) is 0 Å². The number of ketones is 1. The molecule has 1 fully saturated rings. The van der Waals surface area contributed by atoms with Gasteiger partial charge >= 0.3 is 0 Å². The van der Waals surface area contributed by atoms with Gasteiger partial charge in [0.15, 0.2) is 5.78 Å². The largest absolute Gasteiger partial charge is 0.497 e. The van der Waals surface area contributed by atoms with Crippen LogP contribution in [0.15, 0.2) is 22.7 Å². The molecule has 1 atom stereocenters. The molecule has 0 amide bonds. The van der Waals surface area contributed by atoms with Gasteiger partial charge in [-0.15, -0.1) is 0 Å². The van der Waals surface area contributed by atoms with Gasteiger partial charge in [0, 0.05) is 31.0 Å². The molecule has 1 aromatic carbocycles. The number of nitrogens with zero attached hydrogens (tertiary/aromatic N) is 3. The second-order valence-electron chi connectivity index (χ2n) is 6.80. The second-order valence-corrected chi connectivity index (χ2v) is 6.80. The van der Waals surface area contributed by atoms with Gasteiger partial charge in [0.2, 0.25) is 5.89 Å². The molecule has 140 valence electrons. The third-order valence-electron chi connectivity index (χ3n) is 4.67. The van der Waals surface area contributed by atoms with Crippen molar-refractivity contribution >= 4 is 11.7 Å². The number of carbonyl (C=O) groups excluding carboxylic acids is 1. The summed E-state index contributed by atoms with van der Waals surface area (Å²) in [5, 5.41) is 4.07. The van der Waals surface area contributed by atoms with Gasteiger partial charge in [0.05, 0.1) is 19.8 Å². The normalized spacial score (nSPS) is 17.4. The molecule has 0 bridgehead atoms. The fourth-order valence-corrected chi connectivity index (χ4v) is 3.18. The van der Waals surface area contributed by atoms with Crippen LogP contribution in [-0.2, 0) is 0 Å². The molecular weight excluding hydrogens is 334 g/mol. The highest BCUT2D eigenvalue weighted by Crippen LogP contribution is 2.30. The topological polar surface area (TPSA) is 77.7 Å². The van der Waals surface area contributed by atoms with Crippen molar-refractivity contribution in [3.8, 4) is 11.5 Å². The van der Waals surface area contributed by atoms with Crippen LogP contribution < -0.4 is 14.4 Å². The van der Waals surface area contributed by atoms with E-state index in [1.165, 1.54) is 0 Å². The monoisotopic (exact) mass is 359 g/mol. The van der Waals surface area contributed by atoms with Crippen LogP contribution in [0.25, 0.3) is 0 Å². The Morgan fingerprint density at radius 2 is 2.12 bits per heavy atom. The number of ether oxygens (including phenoxy) is 2. The number of rotatable bonds is 6. The van der Waals surface area contributed by atoms with Crippen LogP contribution in [0.5, 0.6) is 11.5 Å². The zero-order chi connectivity index (χ0) is 18.7. The van der Waals surface area contributed by atoms with Crippen molar-refractivity contribution in [2.45, 2.75) is 32.6 Å². The Labute approximate surface area is 153 Å². The molecule has 1 aliphatic heterocycles. The number of methoxy groups -OCH3 is 2. The predicted molar refractivity (Wildman–Crippen MR) is 97.2 cm³/mol. The molecule has 7 nitrogen and oxygen atoms in total. The number of carbonyl (C=O) groups is 1. The second kappa shape index (κ2) is 7.76. The minimum absolute atomic E-state index is 0.0711. The number of anilines is 1. The van der Waals surface area contributed by atoms with Crippen LogP contribution in [0.4, 0.5) is 5.95 Å². The van der Waals surface area contributed by atoms with E-state index in [1.807, 2.05) is 18.7 Å². The highest BCUT2D eigenvalue weighted by atomic mass is 16.5. The quantitative estimate of drug-likeness (QED) is 0.732. The van der Waals surface area contributed by atoms with Crippen molar-refractivity contribution in [2.24, 2.45) is 5.92 Å². The molecular formula is C19H25N3O4. The van der Waals surface area contributed by atoms with E-state index < -0.39 is 0 Å². The summed E-state index contributed by atoms with van der Waals surface area (Å²) in [5.74, 6) is 2.50. The van der Waals surface area contributed by atoms with Crippen molar-refractivity contribution < 1.29 is 18.8 Å². The van der Waals surface area contributed by atoms with Gasteiger partial charge in [0.25, 0.3) is 5.95 Å². The Bertz CT molecular complexity index is 772. The standard InChI is InChI=1S/C19H25N3O4/c1-12(2)18-20-19(21-26-18)22-9-5-6-13(11-22)17(23)15-8-7-14(24-3)10-16(15)25-4/h7-8,10,12-13H,5-6,9,11H2,1-4H3/t13-/m0/s1. The van der Waals surface area contributed by atoms with Crippen LogP contribution in [-0.4, -0.2) is 43.2 Å². The Hall–Kier alpha value is -2.57. The lowest BCUT2D eigenvalue weighted by Gasteiger charge is -2.31. The van der Waals surface area contributed by atoms with Gasteiger partial charge in [-0.1, -0.05) is 13.8 Å². The molecule has 1 aromatic heterocycles. The van der Waals surface area contributed by atoms with Gasteiger partial charge in [0.1, 0.15) is 11.5 Å². The zero-order valence-corrected chi connectivity index (χ0v) is 15.7. The van der Waals surface area contributed by atoms with Gasteiger partial charge < -0.3 is 18.9 Å². The maximum absolute atomic E-state index is 13.1. The zero-order valence-electron chi connectivity index (χ0n) is 15.7. The van der Waals surface area contributed by atoms with Crippen molar-refractivity contribution in [1.82, 2.24) is 10.1 Å². The summed E-state index contributed by atoms with van der Waals surface area (Å²) in [4.78, 5) is 19.5. The molecule has 26 heavy (non-hydrogen) atoms. The fourth-order valence-electron chi connectivity index (χ4n) is 3.18. The lowest BCUT2D eigenvalue weighted by atomic mass is 9.89. The highest BCUT2D eigenvalue weighted by Gasteiger charge is 2.30. The Kier molecular flexibility index (Phi) is 5.44. The highest BCUT2D eigenvalue weighted by molar-refractivity contribution is 6.00. The van der Waals surface area contributed by atoms with Crippen LogP contribution in [0, 0.1) is 5.92 Å². The summed E-state index contributed by atoms with van der Waals surface area (Å²) >= 11 is 0. The summed E-state index contributed by atoms with van der Waals surface area (Å²) in [7, 11) is 3.15. The number of hydrogen-bond acceptors (Lipinski definition) is 7. The average Bonchev–Trinajstić information content (AvgIpc) is 3.17. The molecule has 2 aromatic rings. The van der Waals surface area contributed by atoms with E-state index in [4.69, 9.17) is 14.0 Å². The SMILES string of the molecule is COc1ccc(C(=O)[C@H]2CCCN(c3noc(C(C)C)n3)C2)c(OC)c1. The van der Waals surface area contributed by atoms with E-state index in [9.17, 15) is 4.79 Å². The van der Waals surface area contributed by atoms with Crippen molar-refractivity contribution in [1.29, 1.82) is 0 Å². The minimum atomic E-state index is -0.132. The molecule has 0 radical (unpaired) electrons. The first-order valence-corrected chi connectivity index (χ1v) is 8.88. The molecule has 2 heterocycles. The third kappa shape index (κ3) is 3.66. The van der Waals surface area contributed by atoms with Crippen LogP contribution >= 0.6 is 0 Å². The number of benzene rings is 1. The average molecular weight is 359 g/mol. The third-order valence-corrected chi connectivity index (χ3v) is 4.67. The van der Waals surface area contributed by atoms with Crippen molar-refractivity contribution in [3.63, 3.8) is 0 Å². The summed E-state index contributed by atoms with van der Waals surface area (Å²) in [6, 6.07) is 5.29. The molecule has 0 saturated carbocycles. The Balaban J connectivity index is 1.77. The Morgan fingerprint density at radius 1 is 1.31 bits per heavy atom. The predicted octanol–water partition coefficient (Wildman–Crippen LogP) is 3.31. The number of hydrogen-bond donors (Lipinski definition) is 0. The van der Waals surface area contributed by atoms with E-state index in [1.54, 1.807) is 32.4 Å². The molecule has 1 aliphatic rings. The molecule has 0 unspecified atom stereocenters. The van der Waals surface area contributed by atoms with Gasteiger partial charge in [-0.2, -0.15) is 4.98 Å². The molecule has 0 aliphatic carbocycles. The molecule has 0 N–H and O–H groups in total. The van der Waals surface area contributed by atoms with Crippen molar-refractivity contribution in [3.05, 3.63) is 29.7 Å². The van der Waals surface area contributed by atoms with E-state index >= 15 is 0 Å². The maximum Gasteiger partial charge on any atom is 0.266 e. The van der Waals surface area contributed by atoms with Crippen molar-refractivity contribution in [2.75, 3.05) is 32.2 Å². The Morgan fingerprint density at radius 3 is 2.77 bits per heavy atom. The molecule has 3 rings (SSSR count). The lowest BCUT2D eigenvalue weighted by Crippen LogP contribution is -2.39. The smallest absolute Gasteiger partial charge is 0.266 e. The van der Waals surface area contributed by atoms with E-state index in [2.05, 4.69) is 10.1 Å². The van der Waals surface area contributed by atoms with Crippen LogP contribution in [0.1, 0.15) is 48.9 Å². The fraction of sp³-hybridized carbons (Fsp3) is 0.526. The van der Waals surface area contributed by atoms with E-state index in [0.717, 1.165) is 19.4 Å². The first-order chi connectivity index (χ1) is 12.5. The first kappa shape index (κ1) is 18.2. The van der Waals surface area contributed by atoms with Crippen LogP contribution in [0.2, 0.25) is 0 Å². The lowest BCUT2D eigenvalue weighted by molar-refractivity contribution is 0.0903. The van der Waals surface area contributed by atoms with Gasteiger partial charge in [-0.05, 0) is 30.1 Å². The maximum atomic E-state index is 13.1.